The lowest BCUT2D eigenvalue weighted by Crippen LogP contribution is -2.30. The molecular formula is C14H25ClN4. The van der Waals surface area contributed by atoms with Gasteiger partial charge in [-0.15, -0.1) is 0 Å². The number of hydrogen-bond acceptors (Lipinski definition) is 4. The molecule has 4 nitrogen and oxygen atoms in total. The van der Waals surface area contributed by atoms with Gasteiger partial charge in [0.2, 0.25) is 0 Å². The molecule has 0 spiro atoms. The monoisotopic (exact) mass is 284 g/mol. The van der Waals surface area contributed by atoms with E-state index >= 15 is 0 Å². The maximum atomic E-state index is 6.24. The molecule has 1 aromatic heterocycles. The van der Waals surface area contributed by atoms with Crippen molar-refractivity contribution in [2.24, 2.45) is 0 Å². The zero-order valence-electron chi connectivity index (χ0n) is 13.1. The summed E-state index contributed by atoms with van der Waals surface area (Å²) < 4.78 is 0. The summed E-state index contributed by atoms with van der Waals surface area (Å²) in [6, 6.07) is 0. The molecule has 0 N–H and O–H groups in total. The van der Waals surface area contributed by atoms with Gasteiger partial charge in [0, 0.05) is 31.1 Å². The Morgan fingerprint density at radius 2 is 1.63 bits per heavy atom. The molecule has 108 valence electrons. The molecule has 0 saturated heterocycles. The van der Waals surface area contributed by atoms with E-state index in [1.807, 2.05) is 14.0 Å². The molecule has 0 unspecified atom stereocenters. The standard InChI is InChI=1S/C14H25ClN4/c1-10-11(15)16-13(14(2,3)4)17-12(10)19(7)9-8-18(5)6/h8-9H2,1-7H3. The maximum Gasteiger partial charge on any atom is 0.137 e. The van der Waals surface area contributed by atoms with E-state index in [1.165, 1.54) is 0 Å². The third-order valence-corrected chi connectivity index (χ3v) is 3.34. The minimum absolute atomic E-state index is 0.103. The molecule has 0 radical (unpaired) electrons. The van der Waals surface area contributed by atoms with Gasteiger partial charge in [-0.25, -0.2) is 9.97 Å². The van der Waals surface area contributed by atoms with E-state index < -0.39 is 0 Å². The van der Waals surface area contributed by atoms with Gasteiger partial charge in [0.1, 0.15) is 16.8 Å². The first-order chi connectivity index (χ1) is 8.62. The second-order valence-electron chi connectivity index (χ2n) is 6.26. The van der Waals surface area contributed by atoms with Crippen LogP contribution in [0.3, 0.4) is 0 Å². The Balaban J connectivity index is 3.09. The van der Waals surface area contributed by atoms with Crippen molar-refractivity contribution < 1.29 is 0 Å². The van der Waals surface area contributed by atoms with Crippen molar-refractivity contribution in [3.8, 4) is 0 Å². The average Bonchev–Trinajstić information content (AvgIpc) is 2.27. The predicted octanol–water partition coefficient (Wildman–Crippen LogP) is 2.73. The fraction of sp³-hybridized carbons (Fsp3) is 0.714. The first-order valence-electron chi connectivity index (χ1n) is 6.53. The average molecular weight is 285 g/mol. The van der Waals surface area contributed by atoms with Crippen LogP contribution in [-0.4, -0.2) is 49.1 Å². The molecule has 0 fully saturated rings. The van der Waals surface area contributed by atoms with E-state index in [0.717, 1.165) is 30.3 Å². The third kappa shape index (κ3) is 4.32. The van der Waals surface area contributed by atoms with Gasteiger partial charge in [-0.3, -0.25) is 0 Å². The van der Waals surface area contributed by atoms with Crippen LogP contribution >= 0.6 is 11.6 Å². The van der Waals surface area contributed by atoms with Crippen LogP contribution in [-0.2, 0) is 5.41 Å². The fourth-order valence-corrected chi connectivity index (χ4v) is 1.81. The highest BCUT2D eigenvalue weighted by atomic mass is 35.5. The molecule has 1 heterocycles. The molecule has 19 heavy (non-hydrogen) atoms. The van der Waals surface area contributed by atoms with E-state index in [4.69, 9.17) is 16.6 Å². The van der Waals surface area contributed by atoms with Crippen molar-refractivity contribution in [1.82, 2.24) is 14.9 Å². The summed E-state index contributed by atoms with van der Waals surface area (Å²) in [6.07, 6.45) is 0. The summed E-state index contributed by atoms with van der Waals surface area (Å²) in [4.78, 5) is 13.4. The molecule has 0 aliphatic rings. The molecule has 1 rings (SSSR count). The molecule has 0 aliphatic heterocycles. The topological polar surface area (TPSA) is 32.3 Å². The predicted molar refractivity (Wildman–Crippen MR) is 82.3 cm³/mol. The molecule has 0 aliphatic carbocycles. The molecule has 0 bridgehead atoms. The largest absolute Gasteiger partial charge is 0.358 e. The van der Waals surface area contributed by atoms with E-state index in [2.05, 4.69) is 49.7 Å². The zero-order chi connectivity index (χ0) is 14.8. The summed E-state index contributed by atoms with van der Waals surface area (Å²) >= 11 is 6.24. The minimum atomic E-state index is -0.103. The van der Waals surface area contributed by atoms with E-state index in [-0.39, 0.29) is 5.41 Å². The second-order valence-corrected chi connectivity index (χ2v) is 6.62. The maximum absolute atomic E-state index is 6.24. The molecule has 1 aromatic rings. The van der Waals surface area contributed by atoms with Gasteiger partial charge in [-0.05, 0) is 21.0 Å². The summed E-state index contributed by atoms with van der Waals surface area (Å²) in [5.74, 6) is 1.71. The van der Waals surface area contributed by atoms with E-state index in [9.17, 15) is 0 Å². The summed E-state index contributed by atoms with van der Waals surface area (Å²) in [5, 5.41) is 0.548. The summed E-state index contributed by atoms with van der Waals surface area (Å²) in [6.45, 7) is 10.1. The van der Waals surface area contributed by atoms with Crippen molar-refractivity contribution in [3.05, 3.63) is 16.5 Å². The highest BCUT2D eigenvalue weighted by Gasteiger charge is 2.21. The number of halogens is 1. The first kappa shape index (κ1) is 16.2. The molecule has 0 saturated carbocycles. The van der Waals surface area contributed by atoms with Crippen molar-refractivity contribution in [2.45, 2.75) is 33.1 Å². The highest BCUT2D eigenvalue weighted by Crippen LogP contribution is 2.27. The number of rotatable bonds is 4. The van der Waals surface area contributed by atoms with Gasteiger partial charge >= 0.3 is 0 Å². The first-order valence-corrected chi connectivity index (χ1v) is 6.91. The van der Waals surface area contributed by atoms with Crippen LogP contribution in [0.25, 0.3) is 0 Å². The second kappa shape index (κ2) is 6.06. The smallest absolute Gasteiger partial charge is 0.137 e. The van der Waals surface area contributed by atoms with Crippen LogP contribution in [0.15, 0.2) is 0 Å². The summed E-state index contributed by atoms with van der Waals surface area (Å²) in [7, 11) is 6.17. The Bertz CT molecular complexity index is 438. The van der Waals surface area contributed by atoms with Crippen LogP contribution in [0.5, 0.6) is 0 Å². The lowest BCUT2D eigenvalue weighted by Gasteiger charge is -2.25. The Hall–Kier alpha value is -0.870. The Labute approximate surface area is 121 Å². The van der Waals surface area contributed by atoms with Gasteiger partial charge in [0.15, 0.2) is 0 Å². The zero-order valence-corrected chi connectivity index (χ0v) is 13.8. The van der Waals surface area contributed by atoms with Gasteiger partial charge in [0.05, 0.1) is 0 Å². The van der Waals surface area contributed by atoms with Crippen molar-refractivity contribution >= 4 is 17.4 Å². The molecule has 0 atom stereocenters. The van der Waals surface area contributed by atoms with Crippen LogP contribution in [0, 0.1) is 6.92 Å². The SMILES string of the molecule is Cc1c(Cl)nc(C(C)(C)C)nc1N(C)CCN(C)C. The fourth-order valence-electron chi connectivity index (χ4n) is 1.64. The van der Waals surface area contributed by atoms with Gasteiger partial charge in [-0.2, -0.15) is 0 Å². The Morgan fingerprint density at radius 3 is 2.11 bits per heavy atom. The lowest BCUT2D eigenvalue weighted by molar-refractivity contribution is 0.416. The van der Waals surface area contributed by atoms with E-state index in [1.54, 1.807) is 0 Å². The molecule has 0 aromatic carbocycles. The molecular weight excluding hydrogens is 260 g/mol. The third-order valence-electron chi connectivity index (χ3n) is 2.98. The number of aromatic nitrogens is 2. The quantitative estimate of drug-likeness (QED) is 0.796. The van der Waals surface area contributed by atoms with Crippen LogP contribution < -0.4 is 4.90 Å². The van der Waals surface area contributed by atoms with Crippen LogP contribution in [0.2, 0.25) is 5.15 Å². The van der Waals surface area contributed by atoms with Crippen LogP contribution in [0.1, 0.15) is 32.2 Å². The van der Waals surface area contributed by atoms with E-state index in [0.29, 0.717) is 5.15 Å². The number of nitrogens with zero attached hydrogens (tertiary/aromatic N) is 4. The lowest BCUT2D eigenvalue weighted by atomic mass is 9.95. The highest BCUT2D eigenvalue weighted by molar-refractivity contribution is 6.30. The van der Waals surface area contributed by atoms with Gasteiger partial charge in [-0.1, -0.05) is 32.4 Å². The summed E-state index contributed by atoms with van der Waals surface area (Å²) in [5.41, 5.74) is 0.838. The molecule has 5 heteroatoms. The van der Waals surface area contributed by atoms with Crippen molar-refractivity contribution in [1.29, 1.82) is 0 Å². The van der Waals surface area contributed by atoms with Crippen molar-refractivity contribution in [2.75, 3.05) is 39.1 Å². The van der Waals surface area contributed by atoms with Crippen LogP contribution in [0.4, 0.5) is 5.82 Å². The minimum Gasteiger partial charge on any atom is -0.358 e. The number of hydrogen-bond donors (Lipinski definition) is 0. The van der Waals surface area contributed by atoms with Crippen molar-refractivity contribution in [3.63, 3.8) is 0 Å². The number of anilines is 1. The molecule has 0 amide bonds. The Kier molecular flexibility index (Phi) is 5.16. The van der Waals surface area contributed by atoms with Gasteiger partial charge in [0.25, 0.3) is 0 Å². The normalized spacial score (nSPS) is 12.1. The Morgan fingerprint density at radius 1 is 1.05 bits per heavy atom. The number of likely N-dealkylation sites (N-methyl/N-ethyl adjacent to an activating group) is 2. The van der Waals surface area contributed by atoms with Gasteiger partial charge < -0.3 is 9.80 Å².